The van der Waals surface area contributed by atoms with Crippen molar-refractivity contribution in [2.24, 2.45) is 0 Å². The van der Waals surface area contributed by atoms with Gasteiger partial charge in [-0.15, -0.1) is 0 Å². The predicted molar refractivity (Wildman–Crippen MR) is 58.6 cm³/mol. The summed E-state index contributed by atoms with van der Waals surface area (Å²) in [6, 6.07) is 9.31. The molecule has 0 fully saturated rings. The molecule has 0 aliphatic heterocycles. The fourth-order valence-electron chi connectivity index (χ4n) is 0.622. The van der Waals surface area contributed by atoms with Gasteiger partial charge < -0.3 is 4.43 Å². The topological polar surface area (TPSA) is 9.23 Å². The average Bonchev–Trinajstić information content (AvgIpc) is 1.85. The van der Waals surface area contributed by atoms with Crippen LogP contribution in [0.1, 0.15) is 0 Å². The standard InChI is InChI=1S/C6H5Cl2IOSi/c7-11(8,9)10-6-4-2-1-3-5-6/h1-5H. The van der Waals surface area contributed by atoms with Crippen molar-refractivity contribution < 1.29 is 4.43 Å². The normalized spacial score (nSPS) is 11.2. The number of benzene rings is 1. The van der Waals surface area contributed by atoms with Gasteiger partial charge in [0, 0.05) is 0 Å². The van der Waals surface area contributed by atoms with Crippen molar-refractivity contribution in [1.29, 1.82) is 0 Å². The molecule has 11 heavy (non-hydrogen) atoms. The fraction of sp³-hybridized carbons (Fsp3) is 0. The summed E-state index contributed by atoms with van der Waals surface area (Å²) in [5.74, 6) is 0.721. The van der Waals surface area contributed by atoms with E-state index in [1.54, 1.807) is 0 Å². The number of para-hydroxylation sites is 1. The second-order valence-electron chi connectivity index (χ2n) is 1.86. The third kappa shape index (κ3) is 4.20. The zero-order chi connectivity index (χ0) is 8.32. The molecule has 0 saturated carbocycles. The zero-order valence-electron chi connectivity index (χ0n) is 5.43. The largest absolute Gasteiger partial charge is 0.518 e. The first-order chi connectivity index (χ1) is 5.08. The summed E-state index contributed by atoms with van der Waals surface area (Å²) in [7, 11) is 0. The lowest BCUT2D eigenvalue weighted by Gasteiger charge is -2.10. The van der Waals surface area contributed by atoms with Gasteiger partial charge in [-0.25, -0.2) is 0 Å². The Kier molecular flexibility index (Phi) is 3.48. The minimum Gasteiger partial charge on any atom is -0.512 e. The fourth-order valence-corrected chi connectivity index (χ4v) is 2.32. The van der Waals surface area contributed by atoms with Gasteiger partial charge in [-0.3, -0.25) is 0 Å². The molecule has 0 bridgehead atoms. The van der Waals surface area contributed by atoms with E-state index in [4.69, 9.17) is 26.6 Å². The minimum atomic E-state index is -2.48. The first-order valence-electron chi connectivity index (χ1n) is 2.89. The predicted octanol–water partition coefficient (Wildman–Crippen LogP) is 3.41. The Morgan fingerprint density at radius 3 is 2.18 bits per heavy atom. The van der Waals surface area contributed by atoms with Crippen molar-refractivity contribution >= 4 is 48.4 Å². The molecule has 1 aromatic carbocycles. The summed E-state index contributed by atoms with van der Waals surface area (Å²) in [5.41, 5.74) is 0. The monoisotopic (exact) mass is 318 g/mol. The van der Waals surface area contributed by atoms with E-state index in [1.807, 2.05) is 52.1 Å². The van der Waals surface area contributed by atoms with Gasteiger partial charge in [0.25, 0.3) is 0 Å². The summed E-state index contributed by atoms with van der Waals surface area (Å²) in [6.45, 7) is 0. The quantitative estimate of drug-likeness (QED) is 0.461. The van der Waals surface area contributed by atoms with E-state index >= 15 is 0 Å². The van der Waals surface area contributed by atoms with Gasteiger partial charge in [0.15, 0.2) is 0 Å². The van der Waals surface area contributed by atoms with Crippen molar-refractivity contribution in [3.8, 4) is 5.75 Å². The number of halogens is 3. The second kappa shape index (κ2) is 3.98. The molecule has 0 heterocycles. The summed E-state index contributed by atoms with van der Waals surface area (Å²) in [5, 5.41) is 0. The van der Waals surface area contributed by atoms with E-state index in [1.165, 1.54) is 0 Å². The highest BCUT2D eigenvalue weighted by molar-refractivity contribution is 14.1. The minimum absolute atomic E-state index is 0.721. The summed E-state index contributed by atoms with van der Waals surface area (Å²) in [6.07, 6.45) is 0. The van der Waals surface area contributed by atoms with Crippen LogP contribution in [-0.4, -0.2) is 4.43 Å². The van der Waals surface area contributed by atoms with Crippen LogP contribution in [0.3, 0.4) is 0 Å². The SMILES string of the molecule is Cl[Si](Cl)(I)Oc1ccccc1. The van der Waals surface area contributed by atoms with Crippen LogP contribution in [-0.2, 0) is 0 Å². The highest BCUT2D eigenvalue weighted by Crippen LogP contribution is 2.26. The molecule has 0 saturated heterocycles. The second-order valence-corrected chi connectivity index (χ2v) is 15.1. The van der Waals surface area contributed by atoms with Crippen molar-refractivity contribution in [2.75, 3.05) is 0 Å². The smallest absolute Gasteiger partial charge is 0.512 e. The third-order valence-corrected chi connectivity index (χ3v) is 2.57. The van der Waals surface area contributed by atoms with Gasteiger partial charge in [0.05, 0.1) is 0 Å². The number of hydrogen-bond acceptors (Lipinski definition) is 1. The lowest BCUT2D eigenvalue weighted by Crippen LogP contribution is -2.18. The van der Waals surface area contributed by atoms with E-state index in [9.17, 15) is 0 Å². The molecule has 0 unspecified atom stereocenters. The van der Waals surface area contributed by atoms with Crippen LogP contribution in [0.4, 0.5) is 0 Å². The summed E-state index contributed by atoms with van der Waals surface area (Å²) in [4.78, 5) is 0. The summed E-state index contributed by atoms with van der Waals surface area (Å²) < 4.78 is 2.77. The molecule has 0 radical (unpaired) electrons. The Morgan fingerprint density at radius 2 is 1.73 bits per heavy atom. The van der Waals surface area contributed by atoms with Crippen LogP contribution >= 0.6 is 44.0 Å². The molecule has 0 atom stereocenters. The third-order valence-electron chi connectivity index (χ3n) is 0.977. The Labute approximate surface area is 88.4 Å². The average molecular weight is 319 g/mol. The van der Waals surface area contributed by atoms with Crippen molar-refractivity contribution in [3.05, 3.63) is 30.3 Å². The van der Waals surface area contributed by atoms with E-state index in [0.29, 0.717) is 0 Å². The van der Waals surface area contributed by atoms with Gasteiger partial charge in [-0.1, -0.05) is 40.4 Å². The molecule has 0 aliphatic rings. The van der Waals surface area contributed by atoms with Crippen molar-refractivity contribution in [2.45, 2.75) is 0 Å². The van der Waals surface area contributed by atoms with Gasteiger partial charge in [0.1, 0.15) is 5.75 Å². The Hall–Kier alpha value is 0.547. The van der Waals surface area contributed by atoms with Crippen LogP contribution < -0.4 is 4.43 Å². The number of rotatable bonds is 2. The molecular formula is C6H5Cl2IOSi. The van der Waals surface area contributed by atoms with Crippen LogP contribution in [0, 0.1) is 0 Å². The molecule has 5 heteroatoms. The Balaban J connectivity index is 2.66. The molecule has 1 aromatic rings. The molecule has 0 spiro atoms. The first-order valence-corrected chi connectivity index (χ1v) is 9.93. The maximum atomic E-state index is 5.74. The highest BCUT2D eigenvalue weighted by Gasteiger charge is 2.28. The van der Waals surface area contributed by atoms with Crippen molar-refractivity contribution in [1.82, 2.24) is 0 Å². The van der Waals surface area contributed by atoms with Crippen LogP contribution in [0.25, 0.3) is 0 Å². The van der Waals surface area contributed by atoms with Gasteiger partial charge in [-0.2, -0.15) is 0 Å². The molecule has 0 amide bonds. The maximum absolute atomic E-state index is 5.74. The molecule has 1 nitrogen and oxygen atoms in total. The summed E-state index contributed by atoms with van der Waals surface area (Å²) >= 11 is 13.4. The van der Waals surface area contributed by atoms with E-state index in [2.05, 4.69) is 0 Å². The van der Waals surface area contributed by atoms with Gasteiger partial charge in [0.2, 0.25) is 0 Å². The lowest BCUT2D eigenvalue weighted by atomic mass is 10.3. The van der Waals surface area contributed by atoms with Gasteiger partial charge >= 0.3 is 4.43 Å². The Bertz CT molecular complexity index is 224. The molecule has 60 valence electrons. The van der Waals surface area contributed by atoms with E-state index in [0.717, 1.165) is 5.75 Å². The van der Waals surface area contributed by atoms with Crippen LogP contribution in [0.2, 0.25) is 0 Å². The highest BCUT2D eigenvalue weighted by atomic mass is 127. The molecule has 0 aliphatic carbocycles. The zero-order valence-corrected chi connectivity index (χ0v) is 10.1. The molecule has 0 N–H and O–H groups in total. The molecule has 1 rings (SSSR count). The van der Waals surface area contributed by atoms with E-state index in [-0.39, 0.29) is 0 Å². The maximum Gasteiger partial charge on any atom is 0.518 e. The Morgan fingerprint density at radius 1 is 1.18 bits per heavy atom. The van der Waals surface area contributed by atoms with Gasteiger partial charge in [-0.05, 0) is 33.9 Å². The lowest BCUT2D eigenvalue weighted by molar-refractivity contribution is 0.601. The first kappa shape index (κ1) is 9.63. The van der Waals surface area contributed by atoms with Crippen LogP contribution in [0.15, 0.2) is 30.3 Å². The molecule has 0 aromatic heterocycles. The van der Waals surface area contributed by atoms with E-state index < -0.39 is 4.43 Å². The van der Waals surface area contributed by atoms with Crippen molar-refractivity contribution in [3.63, 3.8) is 0 Å². The number of hydrogen-bond donors (Lipinski definition) is 0. The molecular weight excluding hydrogens is 314 g/mol. The van der Waals surface area contributed by atoms with Crippen LogP contribution in [0.5, 0.6) is 5.75 Å².